The van der Waals surface area contributed by atoms with E-state index in [2.05, 4.69) is 0 Å². The van der Waals surface area contributed by atoms with Crippen molar-refractivity contribution < 1.29 is 50.6 Å². The molecule has 0 aliphatic heterocycles. The quantitative estimate of drug-likeness (QED) is 0.168. The smallest absolute Gasteiger partial charge is 0.338 e. The van der Waals surface area contributed by atoms with E-state index >= 15 is 0 Å². The van der Waals surface area contributed by atoms with Crippen LogP contribution < -0.4 is 18.9 Å². The average Bonchev–Trinajstić information content (AvgIpc) is 2.88. The van der Waals surface area contributed by atoms with Gasteiger partial charge in [-0.1, -0.05) is 6.07 Å². The fourth-order valence-corrected chi connectivity index (χ4v) is 3.96. The number of hydrogen-bond donors (Lipinski definition) is 0. The molecule has 0 aliphatic rings. The fourth-order valence-electron chi connectivity index (χ4n) is 3.56. The third-order valence-electron chi connectivity index (χ3n) is 5.32. The minimum atomic E-state index is -3.66. The molecule has 0 bridgehead atoms. The van der Waals surface area contributed by atoms with Gasteiger partial charge in [0.1, 0.15) is 17.5 Å². The normalized spacial score (nSPS) is 12.3. The summed E-state index contributed by atoms with van der Waals surface area (Å²) in [6.07, 6.45) is 1.23. The van der Waals surface area contributed by atoms with E-state index in [1.807, 2.05) is 0 Å². The SMILES string of the molecule is COc1cc(C(=O)OC(CCCOc2cccc(C(=O)OC(C)(C)C)c2)CCOS(C)(=O)=O)cc(OC)c1OC. The van der Waals surface area contributed by atoms with Crippen LogP contribution in [0.2, 0.25) is 0 Å². The lowest BCUT2D eigenvalue weighted by Crippen LogP contribution is -2.23. The number of ether oxygens (including phenoxy) is 6. The van der Waals surface area contributed by atoms with E-state index < -0.39 is 33.8 Å². The molecule has 1 atom stereocenters. The van der Waals surface area contributed by atoms with Gasteiger partial charge in [-0.25, -0.2) is 9.59 Å². The van der Waals surface area contributed by atoms with Crippen LogP contribution in [-0.4, -0.2) is 72.9 Å². The lowest BCUT2D eigenvalue weighted by molar-refractivity contribution is 0.00684. The Bertz CT molecular complexity index is 1220. The van der Waals surface area contributed by atoms with Crippen molar-refractivity contribution in [1.29, 1.82) is 0 Å². The molecule has 0 saturated heterocycles. The number of rotatable bonds is 15. The largest absolute Gasteiger partial charge is 0.494 e. The van der Waals surface area contributed by atoms with Crippen molar-refractivity contribution in [3.63, 3.8) is 0 Å². The maximum absolute atomic E-state index is 13.0. The molecule has 0 saturated carbocycles. The van der Waals surface area contributed by atoms with Gasteiger partial charge in [0.15, 0.2) is 11.5 Å². The highest BCUT2D eigenvalue weighted by Gasteiger charge is 2.22. The van der Waals surface area contributed by atoms with Crippen LogP contribution in [0.5, 0.6) is 23.0 Å². The van der Waals surface area contributed by atoms with Gasteiger partial charge in [0.2, 0.25) is 5.75 Å². The van der Waals surface area contributed by atoms with Gasteiger partial charge in [-0.2, -0.15) is 8.42 Å². The Labute approximate surface area is 235 Å². The second-order valence-corrected chi connectivity index (χ2v) is 11.4. The Kier molecular flexibility index (Phi) is 12.1. The lowest BCUT2D eigenvalue weighted by atomic mass is 10.1. The Hall–Kier alpha value is -3.51. The van der Waals surface area contributed by atoms with Gasteiger partial charge in [-0.05, 0) is 63.9 Å². The van der Waals surface area contributed by atoms with Crippen molar-refractivity contribution in [3.8, 4) is 23.0 Å². The van der Waals surface area contributed by atoms with Gasteiger partial charge < -0.3 is 28.4 Å². The summed E-state index contributed by atoms with van der Waals surface area (Å²) in [5.41, 5.74) is -0.0928. The third kappa shape index (κ3) is 10.9. The van der Waals surface area contributed by atoms with E-state index in [1.54, 1.807) is 45.0 Å². The summed E-state index contributed by atoms with van der Waals surface area (Å²) in [6.45, 7) is 5.46. The molecule has 2 aromatic rings. The van der Waals surface area contributed by atoms with Crippen molar-refractivity contribution in [2.45, 2.75) is 51.7 Å². The van der Waals surface area contributed by atoms with E-state index in [1.165, 1.54) is 33.5 Å². The second-order valence-electron chi connectivity index (χ2n) is 9.78. The van der Waals surface area contributed by atoms with Gasteiger partial charge in [0.05, 0.1) is 51.9 Å². The molecule has 0 heterocycles. The Morgan fingerprint density at radius 3 is 2.05 bits per heavy atom. The number of methoxy groups -OCH3 is 3. The second kappa shape index (κ2) is 14.8. The summed E-state index contributed by atoms with van der Waals surface area (Å²) in [7, 11) is 0.653. The van der Waals surface area contributed by atoms with Crippen LogP contribution in [0.4, 0.5) is 0 Å². The minimum Gasteiger partial charge on any atom is -0.494 e. The van der Waals surface area contributed by atoms with Crippen LogP contribution in [0, 0.1) is 0 Å². The molecular weight excluding hydrogens is 544 g/mol. The maximum atomic E-state index is 13.0. The van der Waals surface area contributed by atoms with Crippen LogP contribution in [0.1, 0.15) is 60.7 Å². The van der Waals surface area contributed by atoms with Gasteiger partial charge >= 0.3 is 11.9 Å². The summed E-state index contributed by atoms with van der Waals surface area (Å²) in [5.74, 6) is 0.264. The molecule has 0 aliphatic carbocycles. The van der Waals surface area contributed by atoms with Crippen molar-refractivity contribution >= 4 is 22.1 Å². The number of esters is 2. The summed E-state index contributed by atoms with van der Waals surface area (Å²) < 4.78 is 60.4. The maximum Gasteiger partial charge on any atom is 0.338 e. The zero-order valence-corrected chi connectivity index (χ0v) is 24.8. The first kappa shape index (κ1) is 32.7. The monoisotopic (exact) mass is 582 g/mol. The number of benzene rings is 2. The van der Waals surface area contributed by atoms with Gasteiger partial charge in [-0.3, -0.25) is 4.18 Å². The molecule has 12 heteroatoms. The fraction of sp³-hybridized carbons (Fsp3) is 0.500. The third-order valence-corrected chi connectivity index (χ3v) is 5.91. The minimum absolute atomic E-state index is 0.136. The van der Waals surface area contributed by atoms with Crippen molar-refractivity contribution in [2.75, 3.05) is 40.8 Å². The first-order chi connectivity index (χ1) is 18.8. The van der Waals surface area contributed by atoms with Gasteiger partial charge in [0, 0.05) is 6.42 Å². The molecule has 2 rings (SSSR count). The highest BCUT2D eigenvalue weighted by Crippen LogP contribution is 2.38. The average molecular weight is 583 g/mol. The first-order valence-corrected chi connectivity index (χ1v) is 14.4. The van der Waals surface area contributed by atoms with E-state index in [0.717, 1.165) is 6.26 Å². The lowest BCUT2D eigenvalue weighted by Gasteiger charge is -2.20. The molecule has 11 nitrogen and oxygen atoms in total. The summed E-state index contributed by atoms with van der Waals surface area (Å²) >= 11 is 0. The van der Waals surface area contributed by atoms with Crippen LogP contribution in [-0.2, 0) is 23.8 Å². The molecule has 40 heavy (non-hydrogen) atoms. The molecule has 0 radical (unpaired) electrons. The highest BCUT2D eigenvalue weighted by molar-refractivity contribution is 7.85. The molecule has 0 fully saturated rings. The summed E-state index contributed by atoms with van der Waals surface area (Å²) in [4.78, 5) is 25.3. The summed E-state index contributed by atoms with van der Waals surface area (Å²) in [6, 6.07) is 9.58. The number of carbonyl (C=O) groups is 2. The predicted molar refractivity (Wildman–Crippen MR) is 147 cm³/mol. The molecule has 0 aromatic heterocycles. The standard InChI is InChI=1S/C28H38O11S/c1-28(2,3)39-27(30)19-10-8-11-22(16-19)36-14-9-12-21(13-15-37-40(7,31)32)38-26(29)20-17-23(33-4)25(35-6)24(18-20)34-5/h8,10-11,16-18,21H,9,12-15H2,1-7H3. The molecule has 222 valence electrons. The Morgan fingerprint density at radius 1 is 0.850 bits per heavy atom. The van der Waals surface area contributed by atoms with Crippen LogP contribution >= 0.6 is 0 Å². The van der Waals surface area contributed by atoms with E-state index in [-0.39, 0.29) is 36.7 Å². The zero-order chi connectivity index (χ0) is 29.9. The van der Waals surface area contributed by atoms with Gasteiger partial charge in [-0.15, -0.1) is 0 Å². The van der Waals surface area contributed by atoms with E-state index in [4.69, 9.17) is 32.6 Å². The zero-order valence-electron chi connectivity index (χ0n) is 24.0. The highest BCUT2D eigenvalue weighted by atomic mass is 32.2. The molecule has 1 unspecified atom stereocenters. The van der Waals surface area contributed by atoms with Crippen molar-refractivity contribution in [3.05, 3.63) is 47.5 Å². The van der Waals surface area contributed by atoms with Crippen molar-refractivity contribution in [1.82, 2.24) is 0 Å². The topological polar surface area (TPSA) is 133 Å². The van der Waals surface area contributed by atoms with Crippen molar-refractivity contribution in [2.24, 2.45) is 0 Å². The molecule has 2 aromatic carbocycles. The predicted octanol–water partition coefficient (Wildman–Crippen LogP) is 4.42. The van der Waals surface area contributed by atoms with E-state index in [0.29, 0.717) is 29.9 Å². The first-order valence-electron chi connectivity index (χ1n) is 12.6. The molecular formula is C28H38O11S. The molecule has 0 amide bonds. The molecule has 0 spiro atoms. The number of carbonyl (C=O) groups excluding carboxylic acids is 2. The van der Waals surface area contributed by atoms with Crippen LogP contribution in [0.25, 0.3) is 0 Å². The van der Waals surface area contributed by atoms with E-state index in [9.17, 15) is 18.0 Å². The summed E-state index contributed by atoms with van der Waals surface area (Å²) in [5, 5.41) is 0. The van der Waals surface area contributed by atoms with Gasteiger partial charge in [0.25, 0.3) is 10.1 Å². The molecule has 0 N–H and O–H groups in total. The number of hydrogen-bond acceptors (Lipinski definition) is 11. The van der Waals surface area contributed by atoms with Crippen LogP contribution in [0.15, 0.2) is 36.4 Å². The Morgan fingerprint density at radius 2 is 1.50 bits per heavy atom. The van der Waals surface area contributed by atoms with Crippen LogP contribution in [0.3, 0.4) is 0 Å². The Balaban J connectivity index is 2.06.